The summed E-state index contributed by atoms with van der Waals surface area (Å²) in [5, 5.41) is 1.51. The zero-order valence-corrected chi connectivity index (χ0v) is 12.1. The van der Waals surface area contributed by atoms with Crippen molar-refractivity contribution < 1.29 is 9.53 Å². The summed E-state index contributed by atoms with van der Waals surface area (Å²) < 4.78 is 5.59. The van der Waals surface area contributed by atoms with Crippen LogP contribution in [-0.2, 0) is 0 Å². The Balaban J connectivity index is 2.44. The third-order valence-corrected chi connectivity index (χ3v) is 3.32. The molecule has 94 valence electrons. The first-order valence-corrected chi connectivity index (χ1v) is 7.10. The Hall–Kier alpha value is -0.540. The third-order valence-electron chi connectivity index (χ3n) is 2.56. The number of ether oxygens (including phenoxy) is 1. The number of carbonyl (C=O) groups excluding carboxylic acids is 1. The lowest BCUT2D eigenvalue weighted by Crippen LogP contribution is -2.05. The molecule has 0 saturated carbocycles. The molecule has 0 bridgehead atoms. The number of aldehydes is 1. The molecule has 0 heterocycles. The fourth-order valence-corrected chi connectivity index (χ4v) is 2.43. The fourth-order valence-electron chi connectivity index (χ4n) is 1.41. The van der Waals surface area contributed by atoms with E-state index in [4.69, 9.17) is 16.3 Å². The molecule has 0 spiro atoms. The number of alkyl halides is 1. The van der Waals surface area contributed by atoms with Crippen molar-refractivity contribution in [3.8, 4) is 5.75 Å². The van der Waals surface area contributed by atoms with Crippen LogP contribution in [0.25, 0.3) is 0 Å². The Morgan fingerprint density at radius 3 is 2.82 bits per heavy atom. The summed E-state index contributed by atoms with van der Waals surface area (Å²) in [6, 6.07) is 5.06. The molecule has 0 saturated heterocycles. The van der Waals surface area contributed by atoms with E-state index in [1.807, 2.05) is 0 Å². The molecule has 4 heteroatoms. The monoisotopic (exact) mass is 318 g/mol. The Labute approximate surface area is 115 Å². The van der Waals surface area contributed by atoms with Crippen LogP contribution in [0.1, 0.15) is 30.1 Å². The Kier molecular flexibility index (Phi) is 6.60. The molecule has 0 N–H and O–H groups in total. The number of hydrogen-bond acceptors (Lipinski definition) is 2. The van der Waals surface area contributed by atoms with E-state index >= 15 is 0 Å². The highest BCUT2D eigenvalue weighted by atomic mass is 79.9. The molecular weight excluding hydrogens is 303 g/mol. The van der Waals surface area contributed by atoms with Gasteiger partial charge in [-0.15, -0.1) is 0 Å². The van der Waals surface area contributed by atoms with Gasteiger partial charge in [-0.25, -0.2) is 0 Å². The first kappa shape index (κ1) is 14.5. The van der Waals surface area contributed by atoms with Crippen LogP contribution < -0.4 is 4.74 Å². The predicted molar refractivity (Wildman–Crippen MR) is 74.5 cm³/mol. The molecule has 1 aromatic rings. The van der Waals surface area contributed by atoms with Crippen LogP contribution in [0.5, 0.6) is 5.75 Å². The van der Waals surface area contributed by atoms with Crippen molar-refractivity contribution in [3.63, 3.8) is 0 Å². The maximum Gasteiger partial charge on any atom is 0.150 e. The van der Waals surface area contributed by atoms with E-state index in [-0.39, 0.29) is 0 Å². The Bertz CT molecular complexity index is 368. The van der Waals surface area contributed by atoms with Gasteiger partial charge in [0.1, 0.15) is 12.0 Å². The first-order chi connectivity index (χ1) is 8.17. The first-order valence-electron chi connectivity index (χ1n) is 5.61. The van der Waals surface area contributed by atoms with Gasteiger partial charge in [0.2, 0.25) is 0 Å². The second kappa shape index (κ2) is 7.72. The van der Waals surface area contributed by atoms with Gasteiger partial charge in [0.25, 0.3) is 0 Å². The smallest absolute Gasteiger partial charge is 0.150 e. The highest BCUT2D eigenvalue weighted by molar-refractivity contribution is 9.09. The third kappa shape index (κ3) is 5.09. The normalized spacial score (nSPS) is 12.2. The summed E-state index contributed by atoms with van der Waals surface area (Å²) in [6.07, 6.45) is 2.91. The van der Waals surface area contributed by atoms with Crippen molar-refractivity contribution in [1.82, 2.24) is 0 Å². The molecule has 0 aliphatic carbocycles. The summed E-state index contributed by atoms with van der Waals surface area (Å²) in [5.41, 5.74) is 0.565. The van der Waals surface area contributed by atoms with Crippen molar-refractivity contribution in [2.45, 2.75) is 19.8 Å². The van der Waals surface area contributed by atoms with E-state index in [2.05, 4.69) is 22.9 Å². The van der Waals surface area contributed by atoms with Gasteiger partial charge in [-0.2, -0.15) is 0 Å². The van der Waals surface area contributed by atoms with E-state index in [1.165, 1.54) is 0 Å². The summed E-state index contributed by atoms with van der Waals surface area (Å²) in [6.45, 7) is 2.84. The SMILES string of the molecule is CC(CCBr)CCOc1ccc(C=O)cc1Cl. The summed E-state index contributed by atoms with van der Waals surface area (Å²) in [4.78, 5) is 10.5. The molecule has 0 amide bonds. The lowest BCUT2D eigenvalue weighted by atomic mass is 10.1. The largest absolute Gasteiger partial charge is 0.492 e. The second-order valence-electron chi connectivity index (χ2n) is 4.03. The number of benzene rings is 1. The summed E-state index contributed by atoms with van der Waals surface area (Å²) in [7, 11) is 0. The maximum atomic E-state index is 10.5. The summed E-state index contributed by atoms with van der Waals surface area (Å²) >= 11 is 9.41. The van der Waals surface area contributed by atoms with E-state index in [0.29, 0.717) is 28.9 Å². The standard InChI is InChI=1S/C13H16BrClO2/c1-10(4-6-14)5-7-17-13-3-2-11(9-16)8-12(13)15/h2-3,8-10H,4-7H2,1H3. The van der Waals surface area contributed by atoms with Crippen molar-refractivity contribution in [3.05, 3.63) is 28.8 Å². The molecule has 0 fully saturated rings. The van der Waals surface area contributed by atoms with Crippen LogP contribution in [-0.4, -0.2) is 18.2 Å². The molecule has 2 nitrogen and oxygen atoms in total. The van der Waals surface area contributed by atoms with Crippen molar-refractivity contribution in [1.29, 1.82) is 0 Å². The number of carbonyl (C=O) groups is 1. The molecule has 0 aliphatic rings. The van der Waals surface area contributed by atoms with E-state index in [1.54, 1.807) is 18.2 Å². The second-order valence-corrected chi connectivity index (χ2v) is 5.23. The van der Waals surface area contributed by atoms with Crippen LogP contribution in [0.15, 0.2) is 18.2 Å². The minimum atomic E-state index is 0.489. The quantitative estimate of drug-likeness (QED) is 0.552. The highest BCUT2D eigenvalue weighted by Crippen LogP contribution is 2.25. The molecule has 0 aromatic heterocycles. The van der Waals surface area contributed by atoms with Crippen LogP contribution in [0.3, 0.4) is 0 Å². The minimum absolute atomic E-state index is 0.489. The molecule has 17 heavy (non-hydrogen) atoms. The van der Waals surface area contributed by atoms with Gasteiger partial charge >= 0.3 is 0 Å². The molecular formula is C13H16BrClO2. The number of rotatable bonds is 7. The fraction of sp³-hybridized carbons (Fsp3) is 0.462. The zero-order chi connectivity index (χ0) is 12.7. The average molecular weight is 320 g/mol. The van der Waals surface area contributed by atoms with E-state index < -0.39 is 0 Å². The van der Waals surface area contributed by atoms with Gasteiger partial charge in [-0.05, 0) is 37.0 Å². The average Bonchev–Trinajstić information content (AvgIpc) is 2.31. The van der Waals surface area contributed by atoms with Gasteiger partial charge in [0, 0.05) is 10.9 Å². The van der Waals surface area contributed by atoms with Crippen LogP contribution in [0.2, 0.25) is 5.02 Å². The van der Waals surface area contributed by atoms with Gasteiger partial charge < -0.3 is 4.74 Å². The van der Waals surface area contributed by atoms with Crippen molar-refractivity contribution in [2.75, 3.05) is 11.9 Å². The molecule has 0 radical (unpaired) electrons. The van der Waals surface area contributed by atoms with Crippen LogP contribution in [0.4, 0.5) is 0 Å². The lowest BCUT2D eigenvalue weighted by molar-refractivity contribution is 0.112. The van der Waals surface area contributed by atoms with Crippen molar-refractivity contribution in [2.24, 2.45) is 5.92 Å². The van der Waals surface area contributed by atoms with Crippen molar-refractivity contribution >= 4 is 33.8 Å². The van der Waals surface area contributed by atoms with E-state index in [9.17, 15) is 4.79 Å². The van der Waals surface area contributed by atoms with Gasteiger partial charge in [-0.1, -0.05) is 34.5 Å². The number of halogens is 2. The topological polar surface area (TPSA) is 26.3 Å². The molecule has 0 aliphatic heterocycles. The molecule has 1 aromatic carbocycles. The molecule has 1 atom stereocenters. The van der Waals surface area contributed by atoms with Gasteiger partial charge in [-0.3, -0.25) is 4.79 Å². The van der Waals surface area contributed by atoms with Gasteiger partial charge in [0.05, 0.1) is 11.6 Å². The van der Waals surface area contributed by atoms with Crippen LogP contribution in [0, 0.1) is 5.92 Å². The Morgan fingerprint density at radius 1 is 1.47 bits per heavy atom. The maximum absolute atomic E-state index is 10.5. The number of hydrogen-bond donors (Lipinski definition) is 0. The summed E-state index contributed by atoms with van der Waals surface area (Å²) in [5.74, 6) is 1.27. The predicted octanol–water partition coefficient (Wildman–Crippen LogP) is 4.34. The van der Waals surface area contributed by atoms with E-state index in [0.717, 1.165) is 24.5 Å². The highest BCUT2D eigenvalue weighted by Gasteiger charge is 2.05. The molecule has 1 unspecified atom stereocenters. The Morgan fingerprint density at radius 2 is 2.24 bits per heavy atom. The van der Waals surface area contributed by atoms with Gasteiger partial charge in [0.15, 0.2) is 0 Å². The molecule has 1 rings (SSSR count). The zero-order valence-electron chi connectivity index (χ0n) is 9.79. The minimum Gasteiger partial charge on any atom is -0.492 e. The lowest BCUT2D eigenvalue weighted by Gasteiger charge is -2.11. The van der Waals surface area contributed by atoms with Crippen LogP contribution >= 0.6 is 27.5 Å².